The van der Waals surface area contributed by atoms with Gasteiger partial charge in [-0.15, -0.1) is 11.8 Å². The molecule has 0 aromatic rings. The molecule has 0 bridgehead atoms. The van der Waals surface area contributed by atoms with Crippen molar-refractivity contribution in [3.8, 4) is 0 Å². The molecule has 2 aliphatic heterocycles. The fraction of sp³-hybridized carbons (Fsp3) is 0.614. The number of rotatable bonds is 27. The van der Waals surface area contributed by atoms with Crippen LogP contribution in [0.5, 0.6) is 0 Å². The minimum atomic E-state index is -1.31. The number of amides is 6. The summed E-state index contributed by atoms with van der Waals surface area (Å²) in [5, 5.41) is 24.9. The Morgan fingerprint density at radius 1 is 0.875 bits per heavy atom. The molecule has 6 amide bonds. The molecule has 2 saturated heterocycles. The van der Waals surface area contributed by atoms with E-state index in [-0.39, 0.29) is 66.8 Å². The number of nitrogens with one attached hydrogen (secondary N) is 6. The van der Waals surface area contributed by atoms with Crippen LogP contribution >= 0.6 is 11.8 Å². The van der Waals surface area contributed by atoms with Crippen LogP contribution in [0.1, 0.15) is 53.4 Å². The van der Waals surface area contributed by atoms with Crippen LogP contribution in [0.3, 0.4) is 0 Å². The van der Waals surface area contributed by atoms with Crippen LogP contribution < -0.4 is 31.9 Å². The van der Waals surface area contributed by atoms with Gasteiger partial charge < -0.3 is 60.9 Å². The molecular weight excluding hydrogens is 851 g/mol. The smallest absolute Gasteiger partial charge is 0.331 e. The fourth-order valence-electron chi connectivity index (χ4n) is 7.24. The Kier molecular flexibility index (Phi) is 22.4. The first-order valence-corrected chi connectivity index (χ1v) is 22.5. The highest BCUT2D eigenvalue weighted by Gasteiger charge is 2.72. The third-order valence-electron chi connectivity index (χ3n) is 10.6. The number of ether oxygens (including phenoxy) is 4. The van der Waals surface area contributed by atoms with Crippen molar-refractivity contribution in [2.45, 2.75) is 95.0 Å². The second-order valence-electron chi connectivity index (χ2n) is 16.4. The Morgan fingerprint density at radius 3 is 2.17 bits per heavy atom. The van der Waals surface area contributed by atoms with E-state index >= 15 is 0 Å². The maximum atomic E-state index is 12.9. The summed E-state index contributed by atoms with van der Waals surface area (Å²) in [6, 6.07) is -2.47. The molecule has 3 rings (SSSR count). The van der Waals surface area contributed by atoms with Crippen LogP contribution in [-0.2, 0) is 52.5 Å². The van der Waals surface area contributed by atoms with E-state index in [4.69, 9.17) is 18.9 Å². The van der Waals surface area contributed by atoms with Gasteiger partial charge in [0.05, 0.1) is 44.2 Å². The zero-order chi connectivity index (χ0) is 47.3. The number of likely N-dealkylation sites (N-methyl/N-ethyl adjacent to an activating group) is 1. The zero-order valence-electron chi connectivity index (χ0n) is 37.9. The molecule has 19 nitrogen and oxygen atoms in total. The molecule has 1 saturated carbocycles. The van der Waals surface area contributed by atoms with Gasteiger partial charge in [-0.2, -0.15) is 0 Å². The first-order valence-electron chi connectivity index (χ1n) is 21.3. The zero-order valence-corrected chi connectivity index (χ0v) is 38.8. The summed E-state index contributed by atoms with van der Waals surface area (Å²) in [4.78, 5) is 88.0. The Bertz CT molecular complexity index is 1780. The lowest BCUT2D eigenvalue weighted by molar-refractivity contribution is -0.166. The molecule has 3 aliphatic rings. The highest BCUT2D eigenvalue weighted by atomic mass is 32.2. The average molecular weight is 918 g/mol. The van der Waals surface area contributed by atoms with Gasteiger partial charge in [0.1, 0.15) is 35.5 Å². The molecule has 1 aliphatic carbocycles. The number of hydrogen-bond acceptors (Lipinski definition) is 14. The summed E-state index contributed by atoms with van der Waals surface area (Å²) in [7, 11) is 4.96. The summed E-state index contributed by atoms with van der Waals surface area (Å²) in [6.07, 6.45) is 16.6. The highest BCUT2D eigenvalue weighted by molar-refractivity contribution is 7.99. The van der Waals surface area contributed by atoms with Crippen molar-refractivity contribution in [1.82, 2.24) is 36.8 Å². The van der Waals surface area contributed by atoms with Crippen LogP contribution in [0, 0.1) is 5.92 Å². The molecule has 0 aromatic carbocycles. The molecule has 2 heterocycles. The maximum absolute atomic E-state index is 12.9. The summed E-state index contributed by atoms with van der Waals surface area (Å²) < 4.78 is 24.0. The number of thioether (sulfide) groups is 1. The number of nitrogens with zero attached hydrogens (tertiary/aromatic N) is 1. The number of epoxide rings is 2. The van der Waals surface area contributed by atoms with Crippen LogP contribution in [-0.4, -0.2) is 165 Å². The van der Waals surface area contributed by atoms with Crippen molar-refractivity contribution >= 4 is 53.2 Å². The molecule has 3 unspecified atom stereocenters. The molecule has 356 valence electrons. The summed E-state index contributed by atoms with van der Waals surface area (Å²) in [5.74, 6) is -3.50. The Hall–Kier alpha value is -4.86. The molecule has 0 radical (unpaired) electrons. The van der Waals surface area contributed by atoms with Gasteiger partial charge in [0.15, 0.2) is 0 Å². The molecule has 64 heavy (non-hydrogen) atoms. The topological polar surface area (TPSA) is 259 Å². The number of carbonyl (C=O) groups excluding carboxylic acids is 7. The van der Waals surface area contributed by atoms with E-state index in [2.05, 4.69) is 58.7 Å². The SMILES string of the molecule is CO[C@H]1[C@H](C2(C)O[C@@H]2CC=C(C)C)[C@]2(CC[C@H]1OC(=O)/C=C/C=C/C=C/C=C/C(=O)NCCCNC(=O)CNC(=O)C(CSCNC(C)=O)NC(=O)C(CO)NC(=O)CN(C)C)CO2. The van der Waals surface area contributed by atoms with E-state index in [0.717, 1.165) is 24.6 Å². The molecule has 1 spiro atoms. The van der Waals surface area contributed by atoms with E-state index in [0.29, 0.717) is 19.4 Å². The van der Waals surface area contributed by atoms with Crippen molar-refractivity contribution in [2.24, 2.45) is 5.92 Å². The van der Waals surface area contributed by atoms with E-state index in [1.54, 1.807) is 62.6 Å². The Labute approximate surface area is 380 Å². The second-order valence-corrected chi connectivity index (χ2v) is 17.4. The predicted octanol–water partition coefficient (Wildman–Crippen LogP) is -0.0802. The predicted molar refractivity (Wildman–Crippen MR) is 240 cm³/mol. The highest BCUT2D eigenvalue weighted by Crippen LogP contribution is 2.59. The Morgan fingerprint density at radius 2 is 1.55 bits per heavy atom. The number of hydrogen-bond donors (Lipinski definition) is 7. The average Bonchev–Trinajstić information content (AvgIpc) is 4.16. The fourth-order valence-corrected chi connectivity index (χ4v) is 8.13. The van der Waals surface area contributed by atoms with Crippen LogP contribution in [0.15, 0.2) is 60.3 Å². The molecular formula is C44H67N7O12S. The van der Waals surface area contributed by atoms with Gasteiger partial charge in [-0.3, -0.25) is 28.8 Å². The van der Waals surface area contributed by atoms with E-state index < -0.39 is 66.5 Å². The molecule has 20 heteroatoms. The van der Waals surface area contributed by atoms with Gasteiger partial charge in [0.25, 0.3) is 0 Å². The number of esters is 1. The lowest BCUT2D eigenvalue weighted by Crippen LogP contribution is -2.57. The lowest BCUT2D eigenvalue weighted by atomic mass is 9.68. The standard InChI is InChI=1S/C44H67N7O12S/c1-29(2)17-18-34-43(4,63-34)40-39(60-7)33(19-20-44(40)27-61-44)62-38(57)16-13-11-9-8-10-12-15-35(54)45-21-14-22-46-36(55)23-47-41(58)32(26-64-28-48-30(3)53)50-42(59)31(25-52)49-37(56)24-51(5)6/h8-13,15-17,31-34,39-40,52H,14,18-28H2,1-7H3,(H,45,54)(H,46,55)(H,47,58)(H,48,53)(H,49,56)(H,50,59)/b10-8+,11-9+,15-12+,16-13+/t31?,32?,33-,34-,39-,40-,43?,44+/m1/s1. The van der Waals surface area contributed by atoms with Crippen molar-refractivity contribution < 1.29 is 57.6 Å². The largest absolute Gasteiger partial charge is 0.456 e. The third kappa shape index (κ3) is 18.3. The maximum Gasteiger partial charge on any atom is 0.331 e. The van der Waals surface area contributed by atoms with Gasteiger partial charge in [0.2, 0.25) is 35.4 Å². The van der Waals surface area contributed by atoms with Gasteiger partial charge in [-0.05, 0) is 60.5 Å². The first-order chi connectivity index (χ1) is 30.4. The molecule has 3 fully saturated rings. The van der Waals surface area contributed by atoms with Gasteiger partial charge in [-0.1, -0.05) is 48.1 Å². The van der Waals surface area contributed by atoms with Crippen molar-refractivity contribution in [3.05, 3.63) is 60.3 Å². The van der Waals surface area contributed by atoms with Gasteiger partial charge in [-0.25, -0.2) is 4.79 Å². The third-order valence-corrected chi connectivity index (χ3v) is 11.5. The molecule has 8 atom stereocenters. The van der Waals surface area contributed by atoms with Gasteiger partial charge in [0, 0.05) is 45.0 Å². The van der Waals surface area contributed by atoms with Gasteiger partial charge >= 0.3 is 5.97 Å². The van der Waals surface area contributed by atoms with E-state index in [1.165, 1.54) is 24.6 Å². The molecule has 0 aromatic heterocycles. The normalized spacial score (nSPS) is 24.6. The van der Waals surface area contributed by atoms with Crippen molar-refractivity contribution in [3.63, 3.8) is 0 Å². The lowest BCUT2D eigenvalue weighted by Gasteiger charge is -2.42. The van der Waals surface area contributed by atoms with E-state index in [9.17, 15) is 38.7 Å². The number of methoxy groups -OCH3 is 1. The number of aliphatic hydroxyl groups excluding tert-OH is 1. The minimum Gasteiger partial charge on any atom is -0.456 e. The van der Waals surface area contributed by atoms with E-state index in [1.807, 2.05) is 0 Å². The van der Waals surface area contributed by atoms with Crippen LogP contribution in [0.2, 0.25) is 0 Å². The Balaban J connectivity index is 1.33. The molecule has 7 N–H and O–H groups in total. The summed E-state index contributed by atoms with van der Waals surface area (Å²) >= 11 is 1.14. The quantitative estimate of drug-likeness (QED) is 0.0108. The number of allylic oxidation sites excluding steroid dienone is 7. The minimum absolute atomic E-state index is 0.0169. The number of aliphatic hydroxyl groups is 1. The van der Waals surface area contributed by atoms with Crippen molar-refractivity contribution in [1.29, 1.82) is 0 Å². The van der Waals surface area contributed by atoms with Crippen LogP contribution in [0.4, 0.5) is 0 Å². The first kappa shape index (κ1) is 53.5. The van der Waals surface area contributed by atoms with Crippen LogP contribution in [0.25, 0.3) is 0 Å². The number of carbonyl (C=O) groups is 7. The summed E-state index contributed by atoms with van der Waals surface area (Å²) in [6.45, 7) is 7.54. The monoisotopic (exact) mass is 917 g/mol. The second kappa shape index (κ2) is 26.8. The summed E-state index contributed by atoms with van der Waals surface area (Å²) in [5.41, 5.74) is 0.509. The van der Waals surface area contributed by atoms with Crippen molar-refractivity contribution in [2.75, 3.05) is 72.2 Å².